The molecule has 0 aliphatic carbocycles. The molecular weight excluding hydrogens is 432 g/mol. The first-order valence-corrected chi connectivity index (χ1v) is 10.2. The van der Waals surface area contributed by atoms with Crippen LogP contribution in [0.2, 0.25) is 5.02 Å². The number of Topliss-reactive ketones (excluding diaryl/α,β-unsaturated/α-hetero) is 1. The summed E-state index contributed by atoms with van der Waals surface area (Å²) in [6, 6.07) is 17.5. The Labute approximate surface area is 189 Å². The normalized spacial score (nSPS) is 17.3. The number of aliphatic hydroxyl groups is 1. The predicted molar refractivity (Wildman–Crippen MR) is 120 cm³/mol. The van der Waals surface area contributed by atoms with Crippen molar-refractivity contribution in [1.29, 1.82) is 0 Å². The lowest BCUT2D eigenvalue weighted by Crippen LogP contribution is -2.41. The second-order valence-electron chi connectivity index (χ2n) is 7.80. The van der Waals surface area contributed by atoms with Gasteiger partial charge in [-0.05, 0) is 42.8 Å². The predicted octanol–water partition coefficient (Wildman–Crippen LogP) is 4.56. The van der Waals surface area contributed by atoms with Crippen LogP contribution in [0.1, 0.15) is 33.5 Å². The van der Waals surface area contributed by atoms with Crippen LogP contribution in [-0.2, 0) is 16.9 Å². The first-order valence-electron chi connectivity index (χ1n) is 9.86. The summed E-state index contributed by atoms with van der Waals surface area (Å²) >= 11 is 6.13. The van der Waals surface area contributed by atoms with Crippen molar-refractivity contribution < 1.29 is 19.6 Å². The first kappa shape index (κ1) is 21.7. The number of amides is 1. The molecule has 1 amide bonds. The summed E-state index contributed by atoms with van der Waals surface area (Å²) in [5.74, 6) is -1.13. The lowest BCUT2D eigenvalue weighted by atomic mass is 9.88. The Morgan fingerprint density at radius 1 is 1.09 bits per heavy atom. The van der Waals surface area contributed by atoms with Crippen molar-refractivity contribution in [1.82, 2.24) is 0 Å². The third kappa shape index (κ3) is 3.88. The van der Waals surface area contributed by atoms with Gasteiger partial charge in [0.15, 0.2) is 11.4 Å². The van der Waals surface area contributed by atoms with E-state index in [1.54, 1.807) is 12.1 Å². The second kappa shape index (κ2) is 8.18. The Kier molecular flexibility index (Phi) is 5.54. The molecule has 7 nitrogen and oxygen atoms in total. The van der Waals surface area contributed by atoms with Crippen LogP contribution in [-0.4, -0.2) is 21.7 Å². The zero-order valence-electron chi connectivity index (χ0n) is 17.1. The molecule has 1 unspecified atom stereocenters. The highest BCUT2D eigenvalue weighted by Crippen LogP contribution is 2.44. The number of fused-ring (bicyclic) bond motifs is 1. The van der Waals surface area contributed by atoms with Crippen LogP contribution >= 0.6 is 11.6 Å². The molecule has 1 atom stereocenters. The maximum atomic E-state index is 13.4. The van der Waals surface area contributed by atoms with Gasteiger partial charge in [0.2, 0.25) is 0 Å². The third-order valence-corrected chi connectivity index (χ3v) is 5.81. The summed E-state index contributed by atoms with van der Waals surface area (Å²) in [6.45, 7) is 2.19. The second-order valence-corrected chi connectivity index (χ2v) is 8.24. The molecule has 1 N–H and O–H groups in total. The molecular formula is C24H19ClN2O5. The van der Waals surface area contributed by atoms with E-state index >= 15 is 0 Å². The zero-order valence-corrected chi connectivity index (χ0v) is 17.9. The number of carbonyl (C=O) groups is 2. The standard InChI is InChI=1S/C24H19ClN2O5/c1-15-2-4-16(5-3-15)14-26-21-11-8-18(25)12-20(21)24(30,23(26)29)13-22(28)17-6-9-19(10-7-17)27(31)32/h2-12,30H,13-14H2,1H3. The number of anilines is 1. The molecule has 162 valence electrons. The summed E-state index contributed by atoms with van der Waals surface area (Å²) in [5.41, 5.74) is 0.617. The number of benzene rings is 3. The van der Waals surface area contributed by atoms with Gasteiger partial charge in [0.1, 0.15) is 0 Å². The van der Waals surface area contributed by atoms with E-state index in [4.69, 9.17) is 11.6 Å². The Balaban J connectivity index is 1.67. The minimum Gasteiger partial charge on any atom is -0.375 e. The average Bonchev–Trinajstić information content (AvgIpc) is 2.96. The van der Waals surface area contributed by atoms with E-state index in [1.165, 1.54) is 35.2 Å². The first-order chi connectivity index (χ1) is 15.2. The molecule has 1 aliphatic heterocycles. The van der Waals surface area contributed by atoms with Crippen molar-refractivity contribution in [3.05, 3.63) is 104 Å². The molecule has 0 saturated carbocycles. The molecule has 0 aromatic heterocycles. The number of carbonyl (C=O) groups excluding carboxylic acids is 2. The topological polar surface area (TPSA) is 101 Å². The van der Waals surface area contributed by atoms with Crippen molar-refractivity contribution in [2.24, 2.45) is 0 Å². The number of halogens is 1. The minimum absolute atomic E-state index is 0.154. The largest absolute Gasteiger partial charge is 0.375 e. The van der Waals surface area contributed by atoms with Gasteiger partial charge in [-0.15, -0.1) is 0 Å². The third-order valence-electron chi connectivity index (χ3n) is 5.57. The molecule has 0 fully saturated rings. The summed E-state index contributed by atoms with van der Waals surface area (Å²) in [7, 11) is 0. The average molecular weight is 451 g/mol. The number of rotatable bonds is 6. The molecule has 0 saturated heterocycles. The van der Waals surface area contributed by atoms with E-state index in [1.807, 2.05) is 31.2 Å². The smallest absolute Gasteiger partial charge is 0.269 e. The van der Waals surface area contributed by atoms with E-state index in [2.05, 4.69) is 0 Å². The van der Waals surface area contributed by atoms with Crippen LogP contribution in [0, 0.1) is 17.0 Å². The number of hydrogen-bond acceptors (Lipinski definition) is 5. The van der Waals surface area contributed by atoms with Gasteiger partial charge >= 0.3 is 0 Å². The van der Waals surface area contributed by atoms with Crippen molar-refractivity contribution in [3.63, 3.8) is 0 Å². The quantitative estimate of drug-likeness (QED) is 0.337. The van der Waals surface area contributed by atoms with Crippen LogP contribution in [0.25, 0.3) is 0 Å². The number of nitrogens with zero attached hydrogens (tertiary/aromatic N) is 2. The van der Waals surface area contributed by atoms with E-state index in [-0.39, 0.29) is 23.4 Å². The Hall–Kier alpha value is -3.55. The molecule has 4 rings (SSSR count). The van der Waals surface area contributed by atoms with Gasteiger partial charge in [-0.25, -0.2) is 0 Å². The van der Waals surface area contributed by atoms with Crippen molar-refractivity contribution in [2.75, 3.05) is 4.90 Å². The number of aryl methyl sites for hydroxylation is 1. The highest BCUT2D eigenvalue weighted by molar-refractivity contribution is 6.31. The molecule has 0 radical (unpaired) electrons. The number of nitro benzene ring substituents is 1. The van der Waals surface area contributed by atoms with Crippen LogP contribution < -0.4 is 4.90 Å². The van der Waals surface area contributed by atoms with Gasteiger partial charge in [-0.3, -0.25) is 19.7 Å². The van der Waals surface area contributed by atoms with Crippen molar-refractivity contribution >= 4 is 34.7 Å². The maximum absolute atomic E-state index is 13.4. The molecule has 0 bridgehead atoms. The van der Waals surface area contributed by atoms with Crippen molar-refractivity contribution in [3.8, 4) is 0 Å². The van der Waals surface area contributed by atoms with Gasteiger partial charge in [0, 0.05) is 28.3 Å². The maximum Gasteiger partial charge on any atom is 0.269 e. The molecule has 32 heavy (non-hydrogen) atoms. The fourth-order valence-electron chi connectivity index (χ4n) is 3.83. The summed E-state index contributed by atoms with van der Waals surface area (Å²) < 4.78 is 0. The number of hydrogen-bond donors (Lipinski definition) is 1. The fraction of sp³-hybridized carbons (Fsp3) is 0.167. The van der Waals surface area contributed by atoms with Gasteiger partial charge in [-0.1, -0.05) is 41.4 Å². The van der Waals surface area contributed by atoms with Crippen LogP contribution in [0.5, 0.6) is 0 Å². The summed E-state index contributed by atoms with van der Waals surface area (Å²) in [5, 5.41) is 22.6. The van der Waals surface area contributed by atoms with E-state index in [0.717, 1.165) is 11.1 Å². The molecule has 1 aliphatic rings. The highest BCUT2D eigenvalue weighted by atomic mass is 35.5. The van der Waals surface area contributed by atoms with Crippen LogP contribution in [0.4, 0.5) is 11.4 Å². The Morgan fingerprint density at radius 3 is 2.38 bits per heavy atom. The zero-order chi connectivity index (χ0) is 23.0. The van der Waals surface area contributed by atoms with Gasteiger partial charge in [-0.2, -0.15) is 0 Å². The molecule has 1 heterocycles. The molecule has 0 spiro atoms. The van der Waals surface area contributed by atoms with E-state index in [9.17, 15) is 24.8 Å². The lowest BCUT2D eigenvalue weighted by Gasteiger charge is -2.23. The van der Waals surface area contributed by atoms with Gasteiger partial charge in [0.05, 0.1) is 23.6 Å². The monoisotopic (exact) mass is 450 g/mol. The van der Waals surface area contributed by atoms with Crippen molar-refractivity contribution in [2.45, 2.75) is 25.5 Å². The van der Waals surface area contributed by atoms with E-state index < -0.39 is 28.6 Å². The number of nitro groups is 1. The van der Waals surface area contributed by atoms with Crippen LogP contribution in [0.3, 0.4) is 0 Å². The molecule has 8 heteroatoms. The van der Waals surface area contributed by atoms with Gasteiger partial charge in [0.25, 0.3) is 11.6 Å². The summed E-state index contributed by atoms with van der Waals surface area (Å²) in [6.07, 6.45) is -0.513. The van der Waals surface area contributed by atoms with Crippen LogP contribution in [0.15, 0.2) is 66.7 Å². The summed E-state index contributed by atoms with van der Waals surface area (Å²) in [4.78, 5) is 38.0. The fourth-order valence-corrected chi connectivity index (χ4v) is 4.00. The number of non-ortho nitro benzene ring substituents is 1. The molecule has 3 aromatic rings. The minimum atomic E-state index is -2.09. The van der Waals surface area contributed by atoms with Gasteiger partial charge < -0.3 is 10.0 Å². The Bertz CT molecular complexity index is 1220. The van der Waals surface area contributed by atoms with E-state index in [0.29, 0.717) is 10.7 Å². The molecule has 3 aromatic carbocycles. The Morgan fingerprint density at radius 2 is 1.75 bits per heavy atom. The SMILES string of the molecule is Cc1ccc(CN2C(=O)C(O)(CC(=O)c3ccc([N+](=O)[O-])cc3)c3cc(Cl)ccc32)cc1. The lowest BCUT2D eigenvalue weighted by molar-refractivity contribution is -0.384. The highest BCUT2D eigenvalue weighted by Gasteiger charge is 2.51. The number of ketones is 1.